The molecule has 9 heavy (non-hydrogen) atoms. The predicted octanol–water partition coefficient (Wildman–Crippen LogP) is 0.0489. The topological polar surface area (TPSA) is 57.2 Å². The summed E-state index contributed by atoms with van der Waals surface area (Å²) in [5.41, 5.74) is -5.65. The van der Waals surface area contributed by atoms with E-state index in [2.05, 4.69) is 0 Å². The van der Waals surface area contributed by atoms with Gasteiger partial charge in [0.05, 0.1) is 0 Å². The van der Waals surface area contributed by atoms with Crippen LogP contribution in [-0.4, -0.2) is 18.5 Å². The fraction of sp³-hybridized carbons (Fsp3) is 1.00. The number of halogens is 3. The Hall–Kier alpha value is 0.570. The minimum absolute atomic E-state index is 0. The van der Waals surface area contributed by atoms with E-state index in [1.165, 1.54) is 0 Å². The van der Waals surface area contributed by atoms with Crippen molar-refractivity contribution < 1.29 is 52.0 Å². The van der Waals surface area contributed by atoms with E-state index in [-0.39, 0.29) is 25.8 Å². The minimum atomic E-state index is -6.09. The molecule has 0 saturated carbocycles. The van der Waals surface area contributed by atoms with Crippen molar-refractivity contribution in [3.63, 3.8) is 0 Å². The summed E-state index contributed by atoms with van der Waals surface area (Å²) in [6.07, 6.45) is 0. The fourth-order valence-corrected chi connectivity index (χ4v) is 0. The van der Waals surface area contributed by atoms with Crippen molar-refractivity contribution in [2.75, 3.05) is 0 Å². The molecule has 0 aliphatic rings. The third-order valence-corrected chi connectivity index (χ3v) is 0.850. The van der Waals surface area contributed by atoms with Crippen LogP contribution in [-0.2, 0) is 36.0 Å². The molecule has 3 nitrogen and oxygen atoms in total. The maximum atomic E-state index is 10.7. The first kappa shape index (κ1) is 12.3. The van der Waals surface area contributed by atoms with Gasteiger partial charge < -0.3 is 4.55 Å². The number of rotatable bonds is 0. The summed E-state index contributed by atoms with van der Waals surface area (Å²) in [7, 11) is -6.09. The molecule has 0 atom stereocenters. The van der Waals surface area contributed by atoms with Crippen molar-refractivity contribution >= 4 is 10.1 Å². The largest absolute Gasteiger partial charge is 3.00 e. The Morgan fingerprint density at radius 2 is 1.33 bits per heavy atom. The molecule has 0 aromatic carbocycles. The molecule has 0 amide bonds. The Labute approximate surface area is 67.8 Å². The number of hydrogen-bond acceptors (Lipinski definition) is 3. The van der Waals surface area contributed by atoms with E-state index in [0.29, 0.717) is 0 Å². The van der Waals surface area contributed by atoms with Crippen LogP contribution >= 0.6 is 0 Å². The van der Waals surface area contributed by atoms with Crippen molar-refractivity contribution in [2.24, 2.45) is 0 Å². The third-order valence-electron chi connectivity index (χ3n) is 0.283. The third kappa shape index (κ3) is 4.04. The first-order valence-corrected chi connectivity index (χ1v) is 2.68. The van der Waals surface area contributed by atoms with Crippen molar-refractivity contribution in [3.8, 4) is 0 Å². The molecule has 50 valence electrons. The monoisotopic (exact) mass is 194 g/mol. The molecule has 0 heterocycles. The second-order valence-electron chi connectivity index (χ2n) is 0.900. The van der Waals surface area contributed by atoms with Gasteiger partial charge in [-0.1, -0.05) is 0 Å². The van der Waals surface area contributed by atoms with E-state index in [1.807, 2.05) is 0 Å². The summed E-state index contributed by atoms with van der Waals surface area (Å²) in [6.45, 7) is 0. The first-order chi connectivity index (χ1) is 3.25. The minimum Gasteiger partial charge on any atom is -0.741 e. The van der Waals surface area contributed by atoms with Crippen molar-refractivity contribution in [1.82, 2.24) is 0 Å². The summed E-state index contributed by atoms with van der Waals surface area (Å²) in [5.74, 6) is 0. The van der Waals surface area contributed by atoms with Crippen LogP contribution in [0, 0.1) is 0 Å². The van der Waals surface area contributed by atoms with Crippen molar-refractivity contribution in [3.05, 3.63) is 0 Å². The van der Waals surface area contributed by atoms with E-state index in [0.717, 1.165) is 0 Å². The molecule has 8 heteroatoms. The summed E-state index contributed by atoms with van der Waals surface area (Å²) in [6, 6.07) is 0. The Bertz CT molecular complexity index is 168. The zero-order valence-electron chi connectivity index (χ0n) is 3.84. The van der Waals surface area contributed by atoms with Crippen LogP contribution in [0.5, 0.6) is 0 Å². The average molecular weight is 194 g/mol. The molecular formula is CF3O3SSc+2. The van der Waals surface area contributed by atoms with Crippen molar-refractivity contribution in [2.45, 2.75) is 5.51 Å². The molecular weight excluding hydrogens is 194 g/mol. The second-order valence-corrected chi connectivity index (χ2v) is 2.27. The molecule has 0 rings (SSSR count). The average Bonchev–Trinajstić information content (AvgIpc) is 1.25. The van der Waals surface area contributed by atoms with Crippen LogP contribution in [0.25, 0.3) is 0 Å². The molecule has 0 unspecified atom stereocenters. The molecule has 0 fully saturated rings. The van der Waals surface area contributed by atoms with E-state index in [9.17, 15) is 13.2 Å². The smallest absolute Gasteiger partial charge is 0.741 e. The normalized spacial score (nSPS) is 12.4. The molecule has 0 aromatic rings. The summed E-state index contributed by atoms with van der Waals surface area (Å²) in [4.78, 5) is 0. The van der Waals surface area contributed by atoms with Gasteiger partial charge in [-0.25, -0.2) is 8.42 Å². The standard InChI is InChI=1S/CHF3O3S.Sc/c2-1(3,4)8(5,6)7;/h(H,5,6,7);/q;+3/p-1. The Morgan fingerprint density at radius 1 is 1.22 bits per heavy atom. The maximum absolute atomic E-state index is 10.7. The molecule has 0 spiro atoms. The Kier molecular flexibility index (Phi) is 4.24. The fourth-order valence-electron chi connectivity index (χ4n) is 0. The van der Waals surface area contributed by atoms with Gasteiger partial charge in [-0.3, -0.25) is 0 Å². The van der Waals surface area contributed by atoms with Gasteiger partial charge in [-0.05, 0) is 0 Å². The molecule has 0 N–H and O–H groups in total. The molecule has 0 bridgehead atoms. The second kappa shape index (κ2) is 3.11. The molecule has 0 aromatic heterocycles. The zero-order valence-corrected chi connectivity index (χ0v) is 6.46. The van der Waals surface area contributed by atoms with Gasteiger partial charge in [0.25, 0.3) is 0 Å². The van der Waals surface area contributed by atoms with Gasteiger partial charge in [0.1, 0.15) is 0 Å². The summed E-state index contributed by atoms with van der Waals surface area (Å²) in [5, 5.41) is 0. The van der Waals surface area contributed by atoms with Gasteiger partial charge in [0.2, 0.25) is 0 Å². The van der Waals surface area contributed by atoms with Gasteiger partial charge in [-0.2, -0.15) is 13.2 Å². The predicted molar refractivity (Wildman–Crippen MR) is 15.8 cm³/mol. The molecule has 0 aliphatic carbocycles. The first-order valence-electron chi connectivity index (χ1n) is 1.27. The SMILES string of the molecule is O=S(=O)([O-])C(F)(F)F.[Sc+3]. The van der Waals surface area contributed by atoms with E-state index in [4.69, 9.17) is 13.0 Å². The zero-order chi connectivity index (χ0) is 7.00. The Balaban J connectivity index is 0. The maximum Gasteiger partial charge on any atom is 3.00 e. The van der Waals surface area contributed by atoms with Gasteiger partial charge in [0, 0.05) is 0 Å². The molecule has 0 radical (unpaired) electrons. The van der Waals surface area contributed by atoms with Gasteiger partial charge in [0.15, 0.2) is 10.1 Å². The van der Waals surface area contributed by atoms with Crippen LogP contribution in [0.1, 0.15) is 0 Å². The summed E-state index contributed by atoms with van der Waals surface area (Å²) >= 11 is 0. The molecule has 0 saturated heterocycles. The van der Waals surface area contributed by atoms with Crippen LogP contribution in [0.2, 0.25) is 0 Å². The van der Waals surface area contributed by atoms with Crippen LogP contribution in [0.4, 0.5) is 13.2 Å². The van der Waals surface area contributed by atoms with E-state index in [1.54, 1.807) is 0 Å². The van der Waals surface area contributed by atoms with Crippen molar-refractivity contribution in [1.29, 1.82) is 0 Å². The Morgan fingerprint density at radius 3 is 1.33 bits per heavy atom. The number of alkyl halides is 3. The van der Waals surface area contributed by atoms with E-state index < -0.39 is 15.6 Å². The summed E-state index contributed by atoms with van der Waals surface area (Å²) < 4.78 is 58.9. The van der Waals surface area contributed by atoms with Gasteiger partial charge in [-0.15, -0.1) is 0 Å². The molecule has 0 aliphatic heterocycles. The van der Waals surface area contributed by atoms with E-state index >= 15 is 0 Å². The van der Waals surface area contributed by atoms with Crippen LogP contribution in [0.3, 0.4) is 0 Å². The van der Waals surface area contributed by atoms with Crippen LogP contribution < -0.4 is 0 Å². The quantitative estimate of drug-likeness (QED) is 0.404. The van der Waals surface area contributed by atoms with Gasteiger partial charge >= 0.3 is 31.4 Å². The number of hydrogen-bond donors (Lipinski definition) is 0. The van der Waals surface area contributed by atoms with Crippen LogP contribution in [0.15, 0.2) is 0 Å².